The first-order chi connectivity index (χ1) is 19.1. The zero-order chi connectivity index (χ0) is 26.9. The third-order valence-corrected chi connectivity index (χ3v) is 8.24. The van der Waals surface area contributed by atoms with Gasteiger partial charge in [-0.2, -0.15) is 9.61 Å². The first-order valence-corrected chi connectivity index (χ1v) is 13.7. The van der Waals surface area contributed by atoms with Gasteiger partial charge in [-0.1, -0.05) is 0 Å². The number of amides is 1. The fourth-order valence-electron chi connectivity index (χ4n) is 5.80. The molecule has 11 heteroatoms. The van der Waals surface area contributed by atoms with Gasteiger partial charge in [0.1, 0.15) is 17.2 Å². The number of anilines is 1. The smallest absolute Gasteiger partial charge is 0.257 e. The van der Waals surface area contributed by atoms with Crippen LogP contribution in [0, 0.1) is 0 Å². The summed E-state index contributed by atoms with van der Waals surface area (Å²) in [6, 6.07) is 6.54. The predicted molar refractivity (Wildman–Crippen MR) is 148 cm³/mol. The summed E-state index contributed by atoms with van der Waals surface area (Å²) in [7, 11) is 5.27. The predicted octanol–water partition coefficient (Wildman–Crippen LogP) is 2.93. The van der Waals surface area contributed by atoms with Crippen LogP contribution in [0.15, 0.2) is 36.8 Å². The number of pyridine rings is 1. The van der Waals surface area contributed by atoms with Crippen molar-refractivity contribution in [2.75, 3.05) is 52.8 Å². The molecule has 2 N–H and O–H groups in total. The fraction of sp³-hybridized carbons (Fsp3) is 0.500. The van der Waals surface area contributed by atoms with Gasteiger partial charge in [-0.15, -0.1) is 0 Å². The van der Waals surface area contributed by atoms with E-state index in [9.17, 15) is 4.79 Å². The van der Waals surface area contributed by atoms with Crippen molar-refractivity contribution in [1.29, 1.82) is 0 Å². The van der Waals surface area contributed by atoms with E-state index in [0.29, 0.717) is 17.3 Å². The quantitative estimate of drug-likeness (QED) is 0.339. The average molecular weight is 533 g/mol. The van der Waals surface area contributed by atoms with Gasteiger partial charge < -0.3 is 29.6 Å². The highest BCUT2D eigenvalue weighted by molar-refractivity contribution is 6.00. The number of hydrogen-bond donors (Lipinski definition) is 2. The van der Waals surface area contributed by atoms with Gasteiger partial charge in [0.2, 0.25) is 0 Å². The van der Waals surface area contributed by atoms with Crippen molar-refractivity contribution >= 4 is 17.4 Å². The molecule has 39 heavy (non-hydrogen) atoms. The van der Waals surface area contributed by atoms with Crippen molar-refractivity contribution in [1.82, 2.24) is 34.4 Å². The number of aromatic nitrogens is 5. The van der Waals surface area contributed by atoms with Gasteiger partial charge >= 0.3 is 0 Å². The van der Waals surface area contributed by atoms with Crippen molar-refractivity contribution in [2.24, 2.45) is 0 Å². The van der Waals surface area contributed by atoms with Crippen LogP contribution in [0.25, 0.3) is 28.3 Å². The molecule has 1 saturated heterocycles. The Hall–Kier alpha value is -3.54. The van der Waals surface area contributed by atoms with Crippen molar-refractivity contribution in [2.45, 2.75) is 43.9 Å². The Balaban J connectivity index is 1.29. The van der Waals surface area contributed by atoms with Crippen LogP contribution in [-0.4, -0.2) is 94.6 Å². The van der Waals surface area contributed by atoms with E-state index in [-0.39, 0.29) is 18.1 Å². The molecule has 0 radical (unpaired) electrons. The molecule has 6 rings (SSSR count). The largest absolute Gasteiger partial charge is 0.383 e. The van der Waals surface area contributed by atoms with Crippen LogP contribution in [-0.2, 0) is 9.47 Å². The molecule has 2 aromatic heterocycles. The maximum Gasteiger partial charge on any atom is 0.257 e. The minimum atomic E-state index is -0.191. The lowest BCUT2D eigenvalue weighted by Gasteiger charge is -2.35. The summed E-state index contributed by atoms with van der Waals surface area (Å²) in [5.41, 5.74) is 3.66. The molecular weight excluding hydrogens is 496 g/mol. The number of carbonyl (C=O) groups is 1. The number of nitrogens with zero attached hydrogens (tertiary/aromatic N) is 6. The summed E-state index contributed by atoms with van der Waals surface area (Å²) in [6.07, 6.45) is 9.66. The van der Waals surface area contributed by atoms with Gasteiger partial charge in [0.25, 0.3) is 5.91 Å². The fourth-order valence-corrected chi connectivity index (χ4v) is 5.80. The van der Waals surface area contributed by atoms with E-state index >= 15 is 0 Å². The number of nitrogens with one attached hydrogen (secondary N) is 2. The van der Waals surface area contributed by atoms with E-state index in [1.54, 1.807) is 24.9 Å². The SMILES string of the molecule is CNc1cc(-c2cnc3n(C4CCN(CCOC)CC4)cccc2-3)nc2c(C(=O)N[C@H]3CC[C@@H]3OC)cnn12. The van der Waals surface area contributed by atoms with Gasteiger partial charge in [-0.3, -0.25) is 4.79 Å². The van der Waals surface area contributed by atoms with Crippen LogP contribution >= 0.6 is 0 Å². The van der Waals surface area contributed by atoms with Crippen molar-refractivity contribution < 1.29 is 14.3 Å². The number of hydrogen-bond acceptors (Lipinski definition) is 8. The highest BCUT2D eigenvalue weighted by Gasteiger charge is 2.33. The maximum absolute atomic E-state index is 13.2. The lowest BCUT2D eigenvalue weighted by atomic mass is 9.89. The normalized spacial score (nSPS) is 20.4. The van der Waals surface area contributed by atoms with Crippen LogP contribution in [0.3, 0.4) is 0 Å². The highest BCUT2D eigenvalue weighted by atomic mass is 16.5. The Labute approximate surface area is 227 Å². The molecular formula is C28H36N8O3. The van der Waals surface area contributed by atoms with Crippen LogP contribution in [0.5, 0.6) is 0 Å². The van der Waals surface area contributed by atoms with Crippen LogP contribution < -0.4 is 10.6 Å². The van der Waals surface area contributed by atoms with E-state index in [2.05, 4.69) is 43.5 Å². The molecule has 1 saturated carbocycles. The molecule has 2 aromatic rings. The molecule has 0 bridgehead atoms. The number of likely N-dealkylation sites (tertiary alicyclic amines) is 1. The average Bonchev–Trinajstić information content (AvgIpc) is 3.59. The summed E-state index contributed by atoms with van der Waals surface area (Å²) in [5.74, 6) is 1.51. The Kier molecular flexibility index (Phi) is 7.20. The van der Waals surface area contributed by atoms with E-state index in [4.69, 9.17) is 19.4 Å². The van der Waals surface area contributed by atoms with Gasteiger partial charge in [0.15, 0.2) is 5.65 Å². The molecule has 2 fully saturated rings. The van der Waals surface area contributed by atoms with E-state index in [1.807, 2.05) is 19.3 Å². The van der Waals surface area contributed by atoms with Gasteiger partial charge in [-0.25, -0.2) is 9.97 Å². The van der Waals surface area contributed by atoms with Crippen molar-refractivity contribution in [3.63, 3.8) is 0 Å². The molecule has 1 amide bonds. The monoisotopic (exact) mass is 532 g/mol. The lowest BCUT2D eigenvalue weighted by molar-refractivity contribution is 0.00732. The third kappa shape index (κ3) is 4.75. The number of methoxy groups -OCH3 is 2. The Morgan fingerprint density at radius 3 is 2.69 bits per heavy atom. The molecule has 3 aliphatic heterocycles. The first-order valence-electron chi connectivity index (χ1n) is 13.7. The zero-order valence-corrected chi connectivity index (χ0v) is 22.8. The van der Waals surface area contributed by atoms with Gasteiger partial charge in [0, 0.05) is 76.5 Å². The summed E-state index contributed by atoms with van der Waals surface area (Å²) in [6.45, 7) is 3.84. The number of ether oxygens (including phenoxy) is 2. The van der Waals surface area contributed by atoms with Crippen LogP contribution in [0.1, 0.15) is 42.1 Å². The molecule has 2 atom stereocenters. The summed E-state index contributed by atoms with van der Waals surface area (Å²) >= 11 is 0. The third-order valence-electron chi connectivity index (χ3n) is 8.24. The van der Waals surface area contributed by atoms with E-state index in [1.165, 1.54) is 0 Å². The summed E-state index contributed by atoms with van der Waals surface area (Å²) < 4.78 is 14.7. The molecule has 5 heterocycles. The van der Waals surface area contributed by atoms with Crippen LogP contribution in [0.2, 0.25) is 0 Å². The maximum atomic E-state index is 13.2. The first kappa shape index (κ1) is 25.7. The standard InChI is InChI=1S/C28H36N8O3/c1-29-25-15-23(32-27-21(17-31-36(25)27)28(37)33-22-6-7-24(22)39-3)20-16-30-26-19(20)5-4-10-35(26)18-8-11-34(12-9-18)13-14-38-2/h4-5,10,15-18,22,24,29H,6-9,11-14H2,1-3H3,(H,33,37)/t22-,24-/m0/s1. The second kappa shape index (κ2) is 10.9. The molecule has 206 valence electrons. The van der Waals surface area contributed by atoms with Gasteiger partial charge in [-0.05, 0) is 37.8 Å². The van der Waals surface area contributed by atoms with Crippen molar-refractivity contribution in [3.05, 3.63) is 42.4 Å². The summed E-state index contributed by atoms with van der Waals surface area (Å²) in [4.78, 5) is 25.4. The highest BCUT2D eigenvalue weighted by Crippen LogP contribution is 2.37. The molecule has 0 spiro atoms. The number of fused-ring (bicyclic) bond motifs is 2. The number of piperidine rings is 1. The molecule has 11 nitrogen and oxygen atoms in total. The molecule has 0 unspecified atom stereocenters. The van der Waals surface area contributed by atoms with Crippen LogP contribution in [0.4, 0.5) is 5.82 Å². The Morgan fingerprint density at radius 2 is 1.97 bits per heavy atom. The van der Waals surface area contributed by atoms with E-state index < -0.39 is 0 Å². The number of carbonyl (C=O) groups excluding carboxylic acids is 1. The lowest BCUT2D eigenvalue weighted by Crippen LogP contribution is -2.51. The second-order valence-corrected chi connectivity index (χ2v) is 10.4. The molecule has 0 aromatic carbocycles. The van der Waals surface area contributed by atoms with Gasteiger partial charge in [0.05, 0.1) is 30.6 Å². The molecule has 1 aliphatic carbocycles. The Morgan fingerprint density at radius 1 is 1.13 bits per heavy atom. The Bertz CT molecular complexity index is 1420. The topological polar surface area (TPSA) is 111 Å². The minimum Gasteiger partial charge on any atom is -0.383 e. The summed E-state index contributed by atoms with van der Waals surface area (Å²) in [5, 5.41) is 10.7. The zero-order valence-electron chi connectivity index (χ0n) is 22.8. The van der Waals surface area contributed by atoms with E-state index in [0.717, 1.165) is 80.4 Å². The van der Waals surface area contributed by atoms with Crippen molar-refractivity contribution in [3.8, 4) is 22.6 Å². The number of rotatable bonds is 9. The molecule has 4 aliphatic rings. The second-order valence-electron chi connectivity index (χ2n) is 10.4. The minimum absolute atomic E-state index is 0.00918.